The van der Waals surface area contributed by atoms with Gasteiger partial charge >= 0.3 is 0 Å². The quantitative estimate of drug-likeness (QED) is 0.625. The number of ether oxygens (including phenoxy) is 3. The Kier molecular flexibility index (Phi) is 8.94. The summed E-state index contributed by atoms with van der Waals surface area (Å²) in [5.41, 5.74) is 9.81. The highest BCUT2D eigenvalue weighted by molar-refractivity contribution is 4.71. The second-order valence-corrected chi connectivity index (χ2v) is 3.84. The van der Waals surface area contributed by atoms with E-state index in [1.807, 2.05) is 0 Å². The van der Waals surface area contributed by atoms with E-state index >= 15 is 0 Å². The van der Waals surface area contributed by atoms with E-state index in [4.69, 9.17) is 25.7 Å². The van der Waals surface area contributed by atoms with Crippen molar-refractivity contribution in [2.24, 2.45) is 11.5 Å². The lowest BCUT2D eigenvalue weighted by atomic mass is 10.5. The lowest BCUT2D eigenvalue weighted by molar-refractivity contribution is 0.102. The van der Waals surface area contributed by atoms with Gasteiger partial charge in [0.25, 0.3) is 0 Å². The molecule has 1 aromatic heterocycles. The molecule has 2 aliphatic heterocycles. The zero-order valence-corrected chi connectivity index (χ0v) is 10.9. The van der Waals surface area contributed by atoms with Crippen LogP contribution in [0.3, 0.4) is 0 Å². The average Bonchev–Trinajstić information content (AvgIpc) is 3.37. The predicted molar refractivity (Wildman–Crippen MR) is 68.2 cm³/mol. The zero-order chi connectivity index (χ0) is 13.8. The fourth-order valence-electron chi connectivity index (χ4n) is 0.864. The van der Waals surface area contributed by atoms with Crippen LogP contribution in [-0.4, -0.2) is 67.1 Å². The van der Waals surface area contributed by atoms with E-state index in [0.717, 1.165) is 26.4 Å². The first kappa shape index (κ1) is 15.9. The molecular weight excluding hydrogens is 250 g/mol. The van der Waals surface area contributed by atoms with Gasteiger partial charge in [0.05, 0.1) is 38.8 Å². The second-order valence-electron chi connectivity index (χ2n) is 3.84. The Morgan fingerprint density at radius 2 is 1.47 bits per heavy atom. The van der Waals surface area contributed by atoms with Crippen LogP contribution in [0.25, 0.3) is 0 Å². The monoisotopic (exact) mass is 271 g/mol. The molecule has 2 atom stereocenters. The molecule has 8 heteroatoms. The molecule has 0 aromatic carbocycles. The van der Waals surface area contributed by atoms with Gasteiger partial charge in [-0.2, -0.15) is 0 Å². The van der Waals surface area contributed by atoms with Gasteiger partial charge in [-0.05, 0) is 11.3 Å². The van der Waals surface area contributed by atoms with Crippen molar-refractivity contribution in [3.05, 3.63) is 18.5 Å². The summed E-state index contributed by atoms with van der Waals surface area (Å²) in [7, 11) is 0. The third-order valence-corrected chi connectivity index (χ3v) is 1.99. The highest BCUT2D eigenvalue weighted by Gasteiger charge is 2.26. The Balaban J connectivity index is 0.000000158. The van der Waals surface area contributed by atoms with Crippen molar-refractivity contribution in [3.8, 4) is 0 Å². The van der Waals surface area contributed by atoms with Gasteiger partial charge in [0.15, 0.2) is 0 Å². The van der Waals surface area contributed by atoms with Gasteiger partial charge in [-0.15, -0.1) is 10.2 Å². The first-order chi connectivity index (χ1) is 9.36. The second kappa shape index (κ2) is 10.7. The van der Waals surface area contributed by atoms with Gasteiger partial charge in [0, 0.05) is 13.1 Å². The van der Waals surface area contributed by atoms with Gasteiger partial charge in [0.2, 0.25) is 0 Å². The zero-order valence-electron chi connectivity index (χ0n) is 10.9. The Bertz CT molecular complexity index is 255. The van der Waals surface area contributed by atoms with Crippen molar-refractivity contribution in [2.75, 3.05) is 39.5 Å². The van der Waals surface area contributed by atoms with E-state index in [-0.39, 0.29) is 0 Å². The molecule has 1 aromatic rings. The minimum atomic E-state index is 0.392. The van der Waals surface area contributed by atoms with Gasteiger partial charge in [-0.25, -0.2) is 0 Å². The largest absolute Gasteiger partial charge is 0.376 e. The molecule has 0 amide bonds. The lowest BCUT2D eigenvalue weighted by Crippen LogP contribution is -2.11. The molecule has 0 aliphatic carbocycles. The number of epoxide rings is 2. The third kappa shape index (κ3) is 11.6. The summed E-state index contributed by atoms with van der Waals surface area (Å²) < 4.78 is 15.1. The Morgan fingerprint density at radius 3 is 1.68 bits per heavy atom. The van der Waals surface area contributed by atoms with Crippen LogP contribution in [0.5, 0.6) is 0 Å². The van der Waals surface area contributed by atoms with E-state index in [0.29, 0.717) is 25.3 Å². The summed E-state index contributed by atoms with van der Waals surface area (Å²) in [6, 6.07) is 1.72. The molecule has 0 saturated carbocycles. The molecule has 0 radical (unpaired) electrons. The van der Waals surface area contributed by atoms with Crippen LogP contribution in [0.1, 0.15) is 0 Å². The van der Waals surface area contributed by atoms with E-state index in [9.17, 15) is 0 Å². The fraction of sp³-hybridized carbons (Fsp3) is 0.727. The van der Waals surface area contributed by atoms with Crippen molar-refractivity contribution >= 4 is 0 Å². The fourth-order valence-corrected chi connectivity index (χ4v) is 0.864. The maximum Gasteiger partial charge on any atom is 0.104 e. The molecule has 2 fully saturated rings. The Hall–Kier alpha value is -1.19. The topological polar surface area (TPSA) is 125 Å². The number of aromatic nitrogens is 3. The number of hydrogen-bond donors (Lipinski definition) is 2. The molecule has 19 heavy (non-hydrogen) atoms. The Morgan fingerprint density at radius 1 is 1.00 bits per heavy atom. The molecule has 2 saturated heterocycles. The highest BCUT2D eigenvalue weighted by atomic mass is 16.6. The van der Waals surface area contributed by atoms with Crippen LogP contribution in [0, 0.1) is 0 Å². The van der Waals surface area contributed by atoms with Gasteiger partial charge < -0.3 is 25.7 Å². The molecular formula is C11H21N5O3. The molecule has 2 aliphatic rings. The number of hydrogen-bond acceptors (Lipinski definition) is 8. The molecule has 0 spiro atoms. The van der Waals surface area contributed by atoms with Crippen LogP contribution in [0.4, 0.5) is 0 Å². The maximum atomic E-state index is 5.23. The normalized spacial score (nSPS) is 22.4. The maximum absolute atomic E-state index is 5.23. The van der Waals surface area contributed by atoms with Crippen LogP contribution in [0.15, 0.2) is 18.5 Å². The summed E-state index contributed by atoms with van der Waals surface area (Å²) in [4.78, 5) is 0. The first-order valence-corrected chi connectivity index (χ1v) is 6.16. The third-order valence-electron chi connectivity index (χ3n) is 1.99. The van der Waals surface area contributed by atoms with Crippen molar-refractivity contribution in [2.45, 2.75) is 12.2 Å². The smallest absolute Gasteiger partial charge is 0.104 e. The molecule has 2 unspecified atom stereocenters. The molecule has 3 heterocycles. The van der Waals surface area contributed by atoms with Crippen molar-refractivity contribution in [1.82, 2.24) is 15.4 Å². The summed E-state index contributed by atoms with van der Waals surface area (Å²) in [5, 5.41) is 10.1. The Labute approximate surface area is 112 Å². The lowest BCUT2D eigenvalue weighted by Gasteiger charge is -1.95. The van der Waals surface area contributed by atoms with E-state index in [1.54, 1.807) is 18.5 Å². The first-order valence-electron chi connectivity index (χ1n) is 6.16. The molecule has 0 bridgehead atoms. The van der Waals surface area contributed by atoms with Crippen LogP contribution < -0.4 is 11.5 Å². The number of nitrogens with two attached hydrogens (primary N) is 2. The highest BCUT2D eigenvalue weighted by Crippen LogP contribution is 2.12. The van der Waals surface area contributed by atoms with Crippen molar-refractivity contribution < 1.29 is 14.2 Å². The summed E-state index contributed by atoms with van der Waals surface area (Å²) in [5.74, 6) is 0. The summed E-state index contributed by atoms with van der Waals surface area (Å²) >= 11 is 0. The van der Waals surface area contributed by atoms with Crippen LogP contribution in [0.2, 0.25) is 0 Å². The van der Waals surface area contributed by atoms with Crippen molar-refractivity contribution in [1.29, 1.82) is 0 Å². The molecule has 4 N–H and O–H groups in total. The minimum absolute atomic E-state index is 0.392. The van der Waals surface area contributed by atoms with Crippen molar-refractivity contribution in [3.63, 3.8) is 0 Å². The van der Waals surface area contributed by atoms with E-state index in [1.165, 1.54) is 0 Å². The predicted octanol–water partition coefficient (Wildman–Crippen LogP) is -1.42. The number of rotatable bonds is 5. The summed E-state index contributed by atoms with van der Waals surface area (Å²) in [6.45, 7) is 4.46. The van der Waals surface area contributed by atoms with Gasteiger partial charge in [-0.3, -0.25) is 0 Å². The van der Waals surface area contributed by atoms with Crippen LogP contribution >= 0.6 is 0 Å². The molecule has 3 rings (SSSR count). The SMILES string of the molecule is C(OCC1CO1)C1CO1.NCCN.c1cnnnc1. The van der Waals surface area contributed by atoms with Gasteiger partial charge in [0.1, 0.15) is 12.2 Å². The number of nitrogens with zero attached hydrogens (tertiary/aromatic N) is 3. The van der Waals surface area contributed by atoms with Crippen LogP contribution in [-0.2, 0) is 14.2 Å². The van der Waals surface area contributed by atoms with E-state index < -0.39 is 0 Å². The minimum Gasteiger partial charge on any atom is -0.376 e. The molecule has 8 nitrogen and oxygen atoms in total. The van der Waals surface area contributed by atoms with Gasteiger partial charge in [-0.1, -0.05) is 0 Å². The molecule has 108 valence electrons. The van der Waals surface area contributed by atoms with E-state index in [2.05, 4.69) is 15.4 Å². The standard InChI is InChI=1S/C6H10O3.C3H3N3.C2H8N2/c1(5-3-8-5)7-2-6-4-9-6;1-2-4-6-5-3-1;3-1-2-4/h5-6H,1-4H2;1-3H;1-4H2. The average molecular weight is 271 g/mol. The summed E-state index contributed by atoms with van der Waals surface area (Å²) in [6.07, 6.45) is 3.94.